The summed E-state index contributed by atoms with van der Waals surface area (Å²) < 4.78 is 0. The lowest BCUT2D eigenvalue weighted by atomic mass is 9.72. The first kappa shape index (κ1) is 29.4. The molecule has 0 heterocycles. The van der Waals surface area contributed by atoms with Crippen molar-refractivity contribution >= 4 is 17.7 Å². The molecule has 6 heteroatoms. The van der Waals surface area contributed by atoms with Gasteiger partial charge in [0, 0.05) is 18.0 Å². The minimum absolute atomic E-state index is 0.0497. The van der Waals surface area contributed by atoms with Crippen LogP contribution in [0.5, 0.6) is 0 Å². The molecule has 6 nitrogen and oxygen atoms in total. The molecule has 3 amide bonds. The van der Waals surface area contributed by atoms with Gasteiger partial charge in [-0.2, -0.15) is 0 Å². The third-order valence-electron chi connectivity index (χ3n) is 7.78. The van der Waals surface area contributed by atoms with Gasteiger partial charge >= 0.3 is 0 Å². The highest BCUT2D eigenvalue weighted by Gasteiger charge is 2.46. The lowest BCUT2D eigenvalue weighted by Gasteiger charge is -2.44. The highest BCUT2D eigenvalue weighted by Crippen LogP contribution is 2.34. The Morgan fingerprint density at radius 2 is 1.26 bits per heavy atom. The second-order valence-corrected chi connectivity index (χ2v) is 12.0. The number of carbonyl (C=O) groups excluding carboxylic acids is 3. The van der Waals surface area contributed by atoms with E-state index >= 15 is 0 Å². The van der Waals surface area contributed by atoms with Crippen molar-refractivity contribution in [1.29, 1.82) is 0 Å². The minimum Gasteiger partial charge on any atom is -0.350 e. The molecule has 0 aromatic carbocycles. The van der Waals surface area contributed by atoms with Gasteiger partial charge in [0.25, 0.3) is 0 Å². The van der Waals surface area contributed by atoms with Crippen molar-refractivity contribution in [2.75, 3.05) is 0 Å². The zero-order valence-corrected chi connectivity index (χ0v) is 22.4. The van der Waals surface area contributed by atoms with E-state index in [2.05, 4.69) is 57.5 Å². The number of carbonyl (C=O) groups is 3. The average Bonchev–Trinajstić information content (AvgIpc) is 2.56. The fraction of sp³-hybridized carbons (Fsp3) is 0.880. The zero-order valence-electron chi connectivity index (χ0n) is 22.4. The van der Waals surface area contributed by atoms with Gasteiger partial charge in [-0.25, -0.2) is 0 Å². The van der Waals surface area contributed by atoms with Gasteiger partial charge in [0.15, 0.2) is 0 Å². The molecule has 0 saturated carbocycles. The van der Waals surface area contributed by atoms with E-state index in [9.17, 15) is 14.4 Å². The van der Waals surface area contributed by atoms with Crippen LogP contribution in [0.3, 0.4) is 0 Å². The fourth-order valence-corrected chi connectivity index (χ4v) is 2.75. The first-order valence-corrected chi connectivity index (χ1v) is 11.6. The Labute approximate surface area is 191 Å². The highest BCUT2D eigenvalue weighted by molar-refractivity contribution is 5.89. The van der Waals surface area contributed by atoms with E-state index in [4.69, 9.17) is 0 Å². The van der Waals surface area contributed by atoms with E-state index in [-0.39, 0.29) is 34.6 Å². The summed E-state index contributed by atoms with van der Waals surface area (Å²) in [6.45, 7) is 25.6. The number of nitrogens with one attached hydrogen (secondary N) is 3. The fourth-order valence-electron chi connectivity index (χ4n) is 2.75. The molecule has 0 saturated heterocycles. The number of hydrogen-bond donors (Lipinski definition) is 3. The SMILES string of the molecule is CC(=O)NC(CCC(C)(C)C(C)C)C(=O)NC(C)(C)C(C)(C)C(=O)NC(C)(C)C(C)C. The Morgan fingerprint density at radius 1 is 0.774 bits per heavy atom. The largest absolute Gasteiger partial charge is 0.350 e. The summed E-state index contributed by atoms with van der Waals surface area (Å²) in [4.78, 5) is 38.1. The van der Waals surface area contributed by atoms with Crippen molar-refractivity contribution in [2.45, 2.75) is 120 Å². The lowest BCUT2D eigenvalue weighted by Crippen LogP contribution is -2.64. The monoisotopic (exact) mass is 439 g/mol. The molecule has 1 unspecified atom stereocenters. The van der Waals surface area contributed by atoms with Crippen LogP contribution >= 0.6 is 0 Å². The molecular weight excluding hydrogens is 390 g/mol. The minimum atomic E-state index is -0.868. The Hall–Kier alpha value is -1.59. The van der Waals surface area contributed by atoms with Gasteiger partial charge in [-0.1, -0.05) is 41.5 Å². The maximum Gasteiger partial charge on any atom is 0.243 e. The third kappa shape index (κ3) is 8.12. The van der Waals surface area contributed by atoms with Crippen molar-refractivity contribution in [2.24, 2.45) is 22.7 Å². The van der Waals surface area contributed by atoms with Crippen molar-refractivity contribution in [1.82, 2.24) is 16.0 Å². The van der Waals surface area contributed by atoms with Gasteiger partial charge in [0.1, 0.15) is 6.04 Å². The van der Waals surface area contributed by atoms with Crippen LogP contribution in [0.25, 0.3) is 0 Å². The van der Waals surface area contributed by atoms with E-state index in [1.54, 1.807) is 0 Å². The Bertz CT molecular complexity index is 646. The first-order chi connectivity index (χ1) is 13.7. The topological polar surface area (TPSA) is 87.3 Å². The van der Waals surface area contributed by atoms with Crippen molar-refractivity contribution in [3.63, 3.8) is 0 Å². The van der Waals surface area contributed by atoms with Crippen molar-refractivity contribution in [3.05, 3.63) is 0 Å². The Kier molecular flexibility index (Phi) is 9.82. The van der Waals surface area contributed by atoms with E-state index in [0.29, 0.717) is 12.3 Å². The smallest absolute Gasteiger partial charge is 0.243 e. The van der Waals surface area contributed by atoms with Crippen LogP contribution < -0.4 is 16.0 Å². The van der Waals surface area contributed by atoms with Gasteiger partial charge < -0.3 is 16.0 Å². The summed E-state index contributed by atoms with van der Waals surface area (Å²) in [5.41, 5.74) is -2.01. The highest BCUT2D eigenvalue weighted by atomic mass is 16.2. The van der Waals surface area contributed by atoms with Gasteiger partial charge in [0.05, 0.1) is 5.41 Å². The predicted molar refractivity (Wildman–Crippen MR) is 129 cm³/mol. The van der Waals surface area contributed by atoms with Crippen molar-refractivity contribution in [3.8, 4) is 0 Å². The summed E-state index contributed by atoms with van der Waals surface area (Å²) in [5.74, 6) is 0.101. The molecule has 0 rings (SSSR count). The van der Waals surface area contributed by atoms with E-state index in [0.717, 1.165) is 6.42 Å². The second kappa shape index (κ2) is 10.4. The molecule has 0 bridgehead atoms. The maximum atomic E-state index is 13.2. The van der Waals surface area contributed by atoms with Gasteiger partial charge in [-0.05, 0) is 71.6 Å². The Balaban J connectivity index is 5.53. The number of rotatable bonds is 11. The van der Waals surface area contributed by atoms with Gasteiger partial charge in [-0.15, -0.1) is 0 Å². The molecule has 0 aromatic heterocycles. The average molecular weight is 440 g/mol. The summed E-state index contributed by atoms with van der Waals surface area (Å²) in [7, 11) is 0. The molecule has 0 aromatic rings. The second-order valence-electron chi connectivity index (χ2n) is 12.0. The maximum absolute atomic E-state index is 13.2. The van der Waals surface area contributed by atoms with Crippen molar-refractivity contribution < 1.29 is 14.4 Å². The molecule has 0 aliphatic rings. The predicted octanol–water partition coefficient (Wildman–Crippen LogP) is 4.43. The van der Waals surface area contributed by atoms with Crippen LogP contribution in [0.2, 0.25) is 0 Å². The van der Waals surface area contributed by atoms with Crippen LogP contribution in [-0.2, 0) is 14.4 Å². The summed E-state index contributed by atoms with van der Waals surface area (Å²) in [5, 5.41) is 8.98. The van der Waals surface area contributed by atoms with E-state index < -0.39 is 17.0 Å². The molecule has 3 N–H and O–H groups in total. The van der Waals surface area contributed by atoms with Gasteiger partial charge in [0.2, 0.25) is 17.7 Å². The standard InChI is InChI=1S/C25H49N3O3/c1-16(2)22(6,7)15-14-19(26-18(5)29)20(30)27-25(12,13)23(8,9)21(31)28-24(10,11)17(3)4/h16-17,19H,14-15H2,1-13H3,(H,26,29)(H,27,30)(H,28,31). The Morgan fingerprint density at radius 3 is 1.65 bits per heavy atom. The molecule has 31 heavy (non-hydrogen) atoms. The molecule has 0 fully saturated rings. The molecule has 1 atom stereocenters. The number of amides is 3. The van der Waals surface area contributed by atoms with Crippen LogP contribution in [-0.4, -0.2) is 34.8 Å². The first-order valence-electron chi connectivity index (χ1n) is 11.6. The molecule has 0 aliphatic carbocycles. The third-order valence-corrected chi connectivity index (χ3v) is 7.78. The quantitative estimate of drug-likeness (QED) is 0.445. The zero-order chi connectivity index (χ0) is 25.0. The van der Waals surface area contributed by atoms with Crippen LogP contribution in [0.1, 0.15) is 103 Å². The molecule has 0 radical (unpaired) electrons. The summed E-state index contributed by atoms with van der Waals surface area (Å²) >= 11 is 0. The van der Waals surface area contributed by atoms with Crippen LogP contribution in [0.15, 0.2) is 0 Å². The molecule has 182 valence electrons. The van der Waals surface area contributed by atoms with E-state index in [1.165, 1.54) is 6.92 Å². The number of hydrogen-bond acceptors (Lipinski definition) is 3. The normalized spacial score (nSPS) is 14.4. The molecule has 0 spiro atoms. The van der Waals surface area contributed by atoms with Crippen LogP contribution in [0.4, 0.5) is 0 Å². The summed E-state index contributed by atoms with van der Waals surface area (Å²) in [6, 6.07) is -0.638. The molecular formula is C25H49N3O3. The van der Waals surface area contributed by atoms with Crippen LogP contribution in [0, 0.1) is 22.7 Å². The molecule has 0 aliphatic heterocycles. The lowest BCUT2D eigenvalue weighted by molar-refractivity contribution is -0.138. The van der Waals surface area contributed by atoms with E-state index in [1.807, 2.05) is 41.5 Å². The summed E-state index contributed by atoms with van der Waals surface area (Å²) in [6.07, 6.45) is 1.34. The van der Waals surface area contributed by atoms with Gasteiger partial charge in [-0.3, -0.25) is 14.4 Å².